The number of carbonyl (C=O) groups is 1. The Morgan fingerprint density at radius 2 is 1.88 bits per heavy atom. The molecule has 0 aromatic carbocycles. The second kappa shape index (κ2) is 6.24. The van der Waals surface area contributed by atoms with Crippen molar-refractivity contribution < 1.29 is 4.79 Å². The molecule has 1 aliphatic rings. The standard InChI is InChI=1S/C13H26N2O/c1-10(2)9-11(3)15(4)13(16)12-5-7-14-8-6-12/h10-12,14H,5-9H2,1-4H3. The van der Waals surface area contributed by atoms with Crippen LogP contribution in [0.25, 0.3) is 0 Å². The molecule has 0 spiro atoms. The smallest absolute Gasteiger partial charge is 0.225 e. The van der Waals surface area contributed by atoms with Crippen molar-refractivity contribution in [1.29, 1.82) is 0 Å². The Balaban J connectivity index is 2.45. The van der Waals surface area contributed by atoms with E-state index in [1.54, 1.807) is 0 Å². The highest BCUT2D eigenvalue weighted by molar-refractivity contribution is 5.79. The first-order valence-corrected chi connectivity index (χ1v) is 6.49. The Bertz CT molecular complexity index is 222. The van der Waals surface area contributed by atoms with Crippen LogP contribution in [0.1, 0.15) is 40.0 Å². The first-order valence-electron chi connectivity index (χ1n) is 6.49. The number of nitrogens with one attached hydrogen (secondary N) is 1. The SMILES string of the molecule is CC(C)CC(C)N(C)C(=O)C1CCNCC1. The van der Waals surface area contributed by atoms with E-state index in [0.717, 1.165) is 32.4 Å². The van der Waals surface area contributed by atoms with Gasteiger partial charge in [0, 0.05) is 19.0 Å². The van der Waals surface area contributed by atoms with Gasteiger partial charge in [0.25, 0.3) is 0 Å². The summed E-state index contributed by atoms with van der Waals surface area (Å²) >= 11 is 0. The highest BCUT2D eigenvalue weighted by atomic mass is 16.2. The maximum absolute atomic E-state index is 12.2. The Kier molecular flexibility index (Phi) is 5.26. The molecule has 16 heavy (non-hydrogen) atoms. The molecule has 3 heteroatoms. The number of carbonyl (C=O) groups excluding carboxylic acids is 1. The summed E-state index contributed by atoms with van der Waals surface area (Å²) in [6, 6.07) is 0.363. The fourth-order valence-corrected chi connectivity index (χ4v) is 2.41. The van der Waals surface area contributed by atoms with Gasteiger partial charge in [0.15, 0.2) is 0 Å². The minimum atomic E-state index is 0.251. The zero-order chi connectivity index (χ0) is 12.1. The molecule has 1 heterocycles. The molecule has 0 saturated carbocycles. The van der Waals surface area contributed by atoms with Gasteiger partial charge < -0.3 is 10.2 Å². The van der Waals surface area contributed by atoms with E-state index in [1.165, 1.54) is 0 Å². The zero-order valence-corrected chi connectivity index (χ0v) is 11.1. The summed E-state index contributed by atoms with van der Waals surface area (Å²) in [6.45, 7) is 8.54. The summed E-state index contributed by atoms with van der Waals surface area (Å²) in [7, 11) is 1.96. The molecular formula is C13H26N2O. The van der Waals surface area contributed by atoms with Crippen LogP contribution in [0.3, 0.4) is 0 Å². The van der Waals surface area contributed by atoms with Crippen molar-refractivity contribution in [1.82, 2.24) is 10.2 Å². The Morgan fingerprint density at radius 1 is 1.31 bits per heavy atom. The number of amides is 1. The van der Waals surface area contributed by atoms with Gasteiger partial charge in [-0.2, -0.15) is 0 Å². The van der Waals surface area contributed by atoms with Gasteiger partial charge in [-0.1, -0.05) is 13.8 Å². The van der Waals surface area contributed by atoms with Crippen LogP contribution < -0.4 is 5.32 Å². The molecule has 0 radical (unpaired) electrons. The average molecular weight is 226 g/mol. The molecule has 1 aliphatic heterocycles. The van der Waals surface area contributed by atoms with Crippen LogP contribution in [0.5, 0.6) is 0 Å². The van der Waals surface area contributed by atoms with Crippen molar-refractivity contribution in [2.45, 2.75) is 46.1 Å². The van der Waals surface area contributed by atoms with Gasteiger partial charge in [-0.3, -0.25) is 4.79 Å². The molecule has 1 fully saturated rings. The fourth-order valence-electron chi connectivity index (χ4n) is 2.41. The topological polar surface area (TPSA) is 32.3 Å². The predicted octanol–water partition coefficient (Wildman–Crippen LogP) is 1.88. The van der Waals surface area contributed by atoms with Gasteiger partial charge in [-0.25, -0.2) is 0 Å². The van der Waals surface area contributed by atoms with E-state index < -0.39 is 0 Å². The van der Waals surface area contributed by atoms with Crippen LogP contribution in [-0.4, -0.2) is 37.0 Å². The summed E-state index contributed by atoms with van der Waals surface area (Å²) in [5.41, 5.74) is 0. The van der Waals surface area contributed by atoms with Crippen LogP contribution >= 0.6 is 0 Å². The van der Waals surface area contributed by atoms with Gasteiger partial charge in [-0.05, 0) is 45.2 Å². The van der Waals surface area contributed by atoms with Crippen molar-refractivity contribution in [3.8, 4) is 0 Å². The van der Waals surface area contributed by atoms with Gasteiger partial charge in [-0.15, -0.1) is 0 Å². The van der Waals surface area contributed by atoms with E-state index in [2.05, 4.69) is 26.1 Å². The summed E-state index contributed by atoms with van der Waals surface area (Å²) < 4.78 is 0. The van der Waals surface area contributed by atoms with Crippen molar-refractivity contribution in [2.75, 3.05) is 20.1 Å². The number of hydrogen-bond donors (Lipinski definition) is 1. The first-order chi connectivity index (χ1) is 7.52. The molecule has 1 N–H and O–H groups in total. The summed E-state index contributed by atoms with van der Waals surface area (Å²) in [5, 5.41) is 3.30. The molecule has 3 nitrogen and oxygen atoms in total. The summed E-state index contributed by atoms with van der Waals surface area (Å²) in [4.78, 5) is 14.2. The second-order valence-electron chi connectivity index (χ2n) is 5.45. The highest BCUT2D eigenvalue weighted by Gasteiger charge is 2.26. The molecule has 1 saturated heterocycles. The maximum atomic E-state index is 12.2. The van der Waals surface area contributed by atoms with E-state index in [0.29, 0.717) is 17.9 Å². The maximum Gasteiger partial charge on any atom is 0.225 e. The van der Waals surface area contributed by atoms with Gasteiger partial charge in [0.2, 0.25) is 5.91 Å². The normalized spacial score (nSPS) is 19.8. The Hall–Kier alpha value is -0.570. The molecule has 94 valence electrons. The third kappa shape index (κ3) is 3.78. The highest BCUT2D eigenvalue weighted by Crippen LogP contribution is 2.18. The lowest BCUT2D eigenvalue weighted by molar-refractivity contribution is -0.137. The lowest BCUT2D eigenvalue weighted by Crippen LogP contribution is -2.43. The lowest BCUT2D eigenvalue weighted by atomic mass is 9.95. The van der Waals surface area contributed by atoms with Gasteiger partial charge in [0.05, 0.1) is 0 Å². The molecule has 1 amide bonds. The molecule has 1 rings (SSSR count). The van der Waals surface area contributed by atoms with E-state index in [1.807, 2.05) is 11.9 Å². The molecular weight excluding hydrogens is 200 g/mol. The van der Waals surface area contributed by atoms with Crippen molar-refractivity contribution in [3.63, 3.8) is 0 Å². The Morgan fingerprint density at radius 3 is 2.38 bits per heavy atom. The first kappa shape index (κ1) is 13.5. The summed E-state index contributed by atoms with van der Waals surface area (Å²) in [6.07, 6.45) is 3.09. The van der Waals surface area contributed by atoms with Gasteiger partial charge >= 0.3 is 0 Å². The lowest BCUT2D eigenvalue weighted by Gasteiger charge is -2.31. The third-order valence-electron chi connectivity index (χ3n) is 3.51. The predicted molar refractivity (Wildman–Crippen MR) is 67.3 cm³/mol. The largest absolute Gasteiger partial charge is 0.343 e. The van der Waals surface area contributed by atoms with E-state index in [4.69, 9.17) is 0 Å². The van der Waals surface area contributed by atoms with Crippen molar-refractivity contribution in [3.05, 3.63) is 0 Å². The van der Waals surface area contributed by atoms with Crippen LogP contribution in [0.15, 0.2) is 0 Å². The molecule has 1 unspecified atom stereocenters. The van der Waals surface area contributed by atoms with E-state index >= 15 is 0 Å². The fraction of sp³-hybridized carbons (Fsp3) is 0.923. The summed E-state index contributed by atoms with van der Waals surface area (Å²) in [5.74, 6) is 1.24. The molecule has 1 atom stereocenters. The van der Waals surface area contributed by atoms with Crippen LogP contribution in [0.4, 0.5) is 0 Å². The van der Waals surface area contributed by atoms with Crippen LogP contribution in [0.2, 0.25) is 0 Å². The Labute approximate surface area is 99.6 Å². The quantitative estimate of drug-likeness (QED) is 0.794. The number of piperidine rings is 1. The molecule has 0 aliphatic carbocycles. The average Bonchev–Trinajstić information content (AvgIpc) is 2.27. The third-order valence-corrected chi connectivity index (χ3v) is 3.51. The number of hydrogen-bond acceptors (Lipinski definition) is 2. The van der Waals surface area contributed by atoms with E-state index in [9.17, 15) is 4.79 Å². The number of nitrogens with zero attached hydrogens (tertiary/aromatic N) is 1. The minimum absolute atomic E-state index is 0.251. The molecule has 0 bridgehead atoms. The van der Waals surface area contributed by atoms with Crippen LogP contribution in [-0.2, 0) is 4.79 Å². The zero-order valence-electron chi connectivity index (χ0n) is 11.1. The van der Waals surface area contributed by atoms with Crippen molar-refractivity contribution in [2.24, 2.45) is 11.8 Å². The second-order valence-corrected chi connectivity index (χ2v) is 5.45. The monoisotopic (exact) mass is 226 g/mol. The van der Waals surface area contributed by atoms with Crippen LogP contribution in [0, 0.1) is 11.8 Å². The van der Waals surface area contributed by atoms with Crippen molar-refractivity contribution >= 4 is 5.91 Å². The van der Waals surface area contributed by atoms with Gasteiger partial charge in [0.1, 0.15) is 0 Å². The number of rotatable bonds is 4. The minimum Gasteiger partial charge on any atom is -0.343 e. The molecule has 0 aromatic rings. The van der Waals surface area contributed by atoms with E-state index in [-0.39, 0.29) is 5.92 Å². The molecule has 0 aromatic heterocycles.